The molecule has 1 aromatic heterocycles. The Morgan fingerprint density at radius 2 is 2.10 bits per heavy atom. The van der Waals surface area contributed by atoms with E-state index in [9.17, 15) is 0 Å². The van der Waals surface area contributed by atoms with Crippen molar-refractivity contribution in [2.45, 2.75) is 25.4 Å². The molecule has 20 heavy (non-hydrogen) atoms. The first-order valence-electron chi connectivity index (χ1n) is 7.17. The Labute approximate surface area is 119 Å². The van der Waals surface area contributed by atoms with Gasteiger partial charge in [0.15, 0.2) is 0 Å². The molecule has 1 aromatic carbocycles. The fourth-order valence-corrected chi connectivity index (χ4v) is 2.76. The van der Waals surface area contributed by atoms with E-state index in [1.165, 1.54) is 5.39 Å². The van der Waals surface area contributed by atoms with E-state index in [-0.39, 0.29) is 12.6 Å². The molecule has 1 aliphatic carbocycles. The van der Waals surface area contributed by atoms with Gasteiger partial charge in [0.1, 0.15) is 0 Å². The van der Waals surface area contributed by atoms with Crippen LogP contribution in [0.3, 0.4) is 0 Å². The molecule has 3 atom stereocenters. The Balaban J connectivity index is 1.72. The fraction of sp³-hybridized carbons (Fsp3) is 0.353. The number of rotatable bonds is 4. The van der Waals surface area contributed by atoms with Gasteiger partial charge in [-0.1, -0.05) is 36.4 Å². The molecule has 0 amide bonds. The number of pyridine rings is 1. The second-order valence-corrected chi connectivity index (χ2v) is 5.49. The predicted molar refractivity (Wildman–Crippen MR) is 81.4 cm³/mol. The fourth-order valence-electron chi connectivity index (χ4n) is 2.76. The van der Waals surface area contributed by atoms with Crippen molar-refractivity contribution in [3.05, 3.63) is 54.2 Å². The van der Waals surface area contributed by atoms with Gasteiger partial charge in [-0.25, -0.2) is 0 Å². The second kappa shape index (κ2) is 5.73. The molecule has 0 bridgehead atoms. The molecule has 0 spiro atoms. The number of hydrogen-bond acceptors (Lipinski definition) is 3. The van der Waals surface area contributed by atoms with E-state index in [2.05, 4.69) is 42.6 Å². The molecule has 0 unspecified atom stereocenters. The lowest BCUT2D eigenvalue weighted by Crippen LogP contribution is -2.29. The summed E-state index contributed by atoms with van der Waals surface area (Å²) in [7, 11) is 0. The maximum atomic E-state index is 9.16. The van der Waals surface area contributed by atoms with Gasteiger partial charge in [-0.05, 0) is 25.5 Å². The van der Waals surface area contributed by atoms with Crippen LogP contribution >= 0.6 is 0 Å². The van der Waals surface area contributed by atoms with Crippen molar-refractivity contribution >= 4 is 10.9 Å². The SMILES string of the molecule is C[C@H](N[C@@H]1C=C[C@H](CO)C1)c1ccc2ccccc2n1. The summed E-state index contributed by atoms with van der Waals surface area (Å²) in [4.78, 5) is 4.72. The Morgan fingerprint density at radius 3 is 2.90 bits per heavy atom. The van der Waals surface area contributed by atoms with Crippen LogP contribution in [-0.4, -0.2) is 22.7 Å². The summed E-state index contributed by atoms with van der Waals surface area (Å²) >= 11 is 0. The third-order valence-corrected chi connectivity index (χ3v) is 3.93. The van der Waals surface area contributed by atoms with Crippen molar-refractivity contribution in [2.24, 2.45) is 5.92 Å². The first-order valence-corrected chi connectivity index (χ1v) is 7.17. The summed E-state index contributed by atoms with van der Waals surface area (Å²) < 4.78 is 0. The molecule has 3 nitrogen and oxygen atoms in total. The average Bonchev–Trinajstić information content (AvgIpc) is 2.94. The number of aliphatic hydroxyl groups excluding tert-OH is 1. The maximum Gasteiger partial charge on any atom is 0.0706 e. The lowest BCUT2D eigenvalue weighted by molar-refractivity contribution is 0.245. The monoisotopic (exact) mass is 268 g/mol. The van der Waals surface area contributed by atoms with Crippen molar-refractivity contribution in [3.63, 3.8) is 0 Å². The van der Waals surface area contributed by atoms with Gasteiger partial charge >= 0.3 is 0 Å². The van der Waals surface area contributed by atoms with Crippen LogP contribution < -0.4 is 5.32 Å². The summed E-state index contributed by atoms with van der Waals surface area (Å²) in [6.07, 6.45) is 5.21. The van der Waals surface area contributed by atoms with Crippen molar-refractivity contribution in [2.75, 3.05) is 6.61 Å². The molecule has 104 valence electrons. The molecule has 0 radical (unpaired) electrons. The summed E-state index contributed by atoms with van der Waals surface area (Å²) in [6.45, 7) is 2.37. The quantitative estimate of drug-likeness (QED) is 0.838. The average molecular weight is 268 g/mol. The van der Waals surface area contributed by atoms with Gasteiger partial charge in [-0.15, -0.1) is 0 Å². The summed E-state index contributed by atoms with van der Waals surface area (Å²) in [5.74, 6) is 0.296. The minimum absolute atomic E-state index is 0.201. The molecule has 3 rings (SSSR count). The van der Waals surface area contributed by atoms with Crippen LogP contribution in [0.5, 0.6) is 0 Å². The van der Waals surface area contributed by atoms with E-state index >= 15 is 0 Å². The largest absolute Gasteiger partial charge is 0.396 e. The summed E-state index contributed by atoms with van der Waals surface area (Å²) in [6, 6.07) is 12.9. The highest BCUT2D eigenvalue weighted by Gasteiger charge is 2.20. The van der Waals surface area contributed by atoms with Gasteiger partial charge in [-0.3, -0.25) is 4.98 Å². The first kappa shape index (κ1) is 13.3. The highest BCUT2D eigenvalue weighted by molar-refractivity contribution is 5.78. The van der Waals surface area contributed by atoms with Crippen LogP contribution in [-0.2, 0) is 0 Å². The number of benzene rings is 1. The second-order valence-electron chi connectivity index (χ2n) is 5.49. The van der Waals surface area contributed by atoms with Gasteiger partial charge in [0, 0.05) is 30.0 Å². The smallest absolute Gasteiger partial charge is 0.0706 e. The predicted octanol–water partition coefficient (Wildman–Crippen LogP) is 2.82. The van der Waals surface area contributed by atoms with Crippen LogP contribution in [0.1, 0.15) is 25.1 Å². The molecule has 1 heterocycles. The molecule has 2 N–H and O–H groups in total. The topological polar surface area (TPSA) is 45.1 Å². The Bertz CT molecular complexity index is 623. The summed E-state index contributed by atoms with van der Waals surface area (Å²) in [5, 5.41) is 13.9. The van der Waals surface area contributed by atoms with E-state index in [0.717, 1.165) is 17.6 Å². The molecule has 1 aliphatic rings. The van der Waals surface area contributed by atoms with E-state index in [0.29, 0.717) is 12.0 Å². The molecular formula is C17H20N2O. The van der Waals surface area contributed by atoms with Crippen LogP contribution in [0.2, 0.25) is 0 Å². The number of fused-ring (bicyclic) bond motifs is 1. The van der Waals surface area contributed by atoms with Crippen LogP contribution in [0, 0.1) is 5.92 Å². The van der Waals surface area contributed by atoms with Gasteiger partial charge in [-0.2, -0.15) is 0 Å². The number of para-hydroxylation sites is 1. The molecular weight excluding hydrogens is 248 g/mol. The highest BCUT2D eigenvalue weighted by atomic mass is 16.3. The number of hydrogen-bond donors (Lipinski definition) is 2. The Morgan fingerprint density at radius 1 is 1.25 bits per heavy atom. The zero-order valence-corrected chi connectivity index (χ0v) is 11.7. The van der Waals surface area contributed by atoms with E-state index < -0.39 is 0 Å². The molecule has 0 fully saturated rings. The molecule has 0 aliphatic heterocycles. The van der Waals surface area contributed by atoms with Crippen molar-refractivity contribution in [1.29, 1.82) is 0 Å². The standard InChI is InChI=1S/C17H20N2O/c1-12(18-15-8-6-13(10-15)11-20)16-9-7-14-4-2-3-5-17(14)19-16/h2-9,12-13,15,18,20H,10-11H2,1H3/t12-,13-,15+/m0/s1. The Kier molecular flexibility index (Phi) is 3.81. The normalized spacial score (nSPS) is 23.3. The van der Waals surface area contributed by atoms with Crippen LogP contribution in [0.4, 0.5) is 0 Å². The molecule has 2 aromatic rings. The van der Waals surface area contributed by atoms with Crippen molar-refractivity contribution in [1.82, 2.24) is 10.3 Å². The number of aromatic nitrogens is 1. The maximum absolute atomic E-state index is 9.16. The molecule has 3 heteroatoms. The minimum atomic E-state index is 0.201. The van der Waals surface area contributed by atoms with Gasteiger partial charge < -0.3 is 10.4 Å². The van der Waals surface area contributed by atoms with E-state index in [1.807, 2.05) is 18.2 Å². The van der Waals surface area contributed by atoms with Crippen molar-refractivity contribution < 1.29 is 5.11 Å². The minimum Gasteiger partial charge on any atom is -0.396 e. The molecule has 0 saturated heterocycles. The zero-order chi connectivity index (χ0) is 13.9. The van der Waals surface area contributed by atoms with Crippen LogP contribution in [0.25, 0.3) is 10.9 Å². The number of aliphatic hydroxyl groups is 1. The lowest BCUT2D eigenvalue weighted by atomic mass is 10.1. The van der Waals surface area contributed by atoms with Crippen molar-refractivity contribution in [3.8, 4) is 0 Å². The van der Waals surface area contributed by atoms with Gasteiger partial charge in [0.05, 0.1) is 11.2 Å². The number of nitrogens with zero attached hydrogens (tertiary/aromatic N) is 1. The third kappa shape index (κ3) is 2.74. The summed E-state index contributed by atoms with van der Waals surface area (Å²) in [5.41, 5.74) is 2.10. The zero-order valence-electron chi connectivity index (χ0n) is 11.7. The lowest BCUT2D eigenvalue weighted by Gasteiger charge is -2.19. The highest BCUT2D eigenvalue weighted by Crippen LogP contribution is 2.21. The first-order chi connectivity index (χ1) is 9.76. The van der Waals surface area contributed by atoms with Gasteiger partial charge in [0.2, 0.25) is 0 Å². The van der Waals surface area contributed by atoms with E-state index in [4.69, 9.17) is 10.1 Å². The number of nitrogens with one attached hydrogen (secondary N) is 1. The van der Waals surface area contributed by atoms with Gasteiger partial charge in [0.25, 0.3) is 0 Å². The van der Waals surface area contributed by atoms with E-state index in [1.54, 1.807) is 0 Å². The van der Waals surface area contributed by atoms with Crippen LogP contribution in [0.15, 0.2) is 48.6 Å². The molecule has 0 saturated carbocycles. The Hall–Kier alpha value is -1.71. The third-order valence-electron chi connectivity index (χ3n) is 3.93.